The number of halogens is 1. The van der Waals surface area contributed by atoms with E-state index in [2.05, 4.69) is 69.3 Å². The predicted molar refractivity (Wildman–Crippen MR) is 93.7 cm³/mol. The predicted octanol–water partition coefficient (Wildman–Crippen LogP) is 3.13. The molecule has 0 aromatic heterocycles. The standard InChI is InChI=1S/C17H28BrN3/c1-3-9-19-17(15-6-4-5-7-16(15)18)8-10-21-13-11-20(2)12-14-21/h4-7,17,19H,3,8-14H2,1-2H3. The zero-order chi connectivity index (χ0) is 15.1. The van der Waals surface area contributed by atoms with Crippen molar-refractivity contribution in [3.8, 4) is 0 Å². The number of hydrogen-bond donors (Lipinski definition) is 1. The second kappa shape index (κ2) is 8.89. The van der Waals surface area contributed by atoms with Gasteiger partial charge in [-0.3, -0.25) is 0 Å². The van der Waals surface area contributed by atoms with Crippen molar-refractivity contribution in [2.45, 2.75) is 25.8 Å². The van der Waals surface area contributed by atoms with Crippen molar-refractivity contribution in [3.63, 3.8) is 0 Å². The third kappa shape index (κ3) is 5.37. The van der Waals surface area contributed by atoms with Crippen LogP contribution in [-0.2, 0) is 0 Å². The molecule has 1 saturated heterocycles. The van der Waals surface area contributed by atoms with E-state index in [-0.39, 0.29) is 0 Å². The number of nitrogens with zero attached hydrogens (tertiary/aromatic N) is 2. The summed E-state index contributed by atoms with van der Waals surface area (Å²) in [5.41, 5.74) is 1.39. The molecule has 1 unspecified atom stereocenters. The molecule has 0 amide bonds. The Bertz CT molecular complexity index is 416. The summed E-state index contributed by atoms with van der Waals surface area (Å²) in [4.78, 5) is 5.01. The summed E-state index contributed by atoms with van der Waals surface area (Å²) >= 11 is 3.70. The smallest absolute Gasteiger partial charge is 0.0343 e. The van der Waals surface area contributed by atoms with Crippen LogP contribution >= 0.6 is 15.9 Å². The fraction of sp³-hybridized carbons (Fsp3) is 0.647. The van der Waals surface area contributed by atoms with Gasteiger partial charge in [0, 0.05) is 43.2 Å². The van der Waals surface area contributed by atoms with Crippen molar-refractivity contribution in [2.75, 3.05) is 46.3 Å². The molecule has 3 nitrogen and oxygen atoms in total. The van der Waals surface area contributed by atoms with Crippen molar-refractivity contribution in [1.82, 2.24) is 15.1 Å². The topological polar surface area (TPSA) is 18.5 Å². The molecule has 1 aliphatic rings. The van der Waals surface area contributed by atoms with Gasteiger partial charge in [-0.05, 0) is 38.1 Å². The fourth-order valence-corrected chi connectivity index (χ4v) is 3.39. The number of hydrogen-bond acceptors (Lipinski definition) is 3. The molecular formula is C17H28BrN3. The third-order valence-corrected chi connectivity index (χ3v) is 4.97. The lowest BCUT2D eigenvalue weighted by Gasteiger charge is -2.33. The minimum absolute atomic E-state index is 0.445. The lowest BCUT2D eigenvalue weighted by Crippen LogP contribution is -2.45. The van der Waals surface area contributed by atoms with E-state index >= 15 is 0 Å². The summed E-state index contributed by atoms with van der Waals surface area (Å²) in [5, 5.41) is 3.71. The Balaban J connectivity index is 1.92. The first-order valence-electron chi connectivity index (χ1n) is 8.09. The van der Waals surface area contributed by atoms with Crippen molar-refractivity contribution in [3.05, 3.63) is 34.3 Å². The highest BCUT2D eigenvalue weighted by Crippen LogP contribution is 2.25. The summed E-state index contributed by atoms with van der Waals surface area (Å²) in [5.74, 6) is 0. The second-order valence-corrected chi connectivity index (χ2v) is 6.82. The highest BCUT2D eigenvalue weighted by atomic mass is 79.9. The number of piperazine rings is 1. The van der Waals surface area contributed by atoms with Crippen molar-refractivity contribution >= 4 is 15.9 Å². The van der Waals surface area contributed by atoms with Gasteiger partial charge in [0.05, 0.1) is 0 Å². The van der Waals surface area contributed by atoms with E-state index in [0.717, 1.165) is 6.54 Å². The largest absolute Gasteiger partial charge is 0.310 e. The highest BCUT2D eigenvalue weighted by Gasteiger charge is 2.17. The van der Waals surface area contributed by atoms with Crippen LogP contribution in [0.1, 0.15) is 31.4 Å². The highest BCUT2D eigenvalue weighted by molar-refractivity contribution is 9.10. The molecule has 0 radical (unpaired) electrons. The quantitative estimate of drug-likeness (QED) is 0.812. The Morgan fingerprint density at radius 2 is 1.90 bits per heavy atom. The van der Waals surface area contributed by atoms with Crippen LogP contribution in [0.3, 0.4) is 0 Å². The van der Waals surface area contributed by atoms with E-state index in [1.807, 2.05) is 0 Å². The first-order chi connectivity index (χ1) is 10.2. The minimum Gasteiger partial charge on any atom is -0.310 e. The van der Waals surface area contributed by atoms with E-state index in [0.29, 0.717) is 6.04 Å². The van der Waals surface area contributed by atoms with Crippen LogP contribution in [0.5, 0.6) is 0 Å². The van der Waals surface area contributed by atoms with Gasteiger partial charge >= 0.3 is 0 Å². The van der Waals surface area contributed by atoms with Gasteiger partial charge in [-0.1, -0.05) is 41.1 Å². The maximum Gasteiger partial charge on any atom is 0.0343 e. The summed E-state index contributed by atoms with van der Waals surface area (Å²) < 4.78 is 1.22. The van der Waals surface area contributed by atoms with Crippen molar-refractivity contribution in [2.24, 2.45) is 0 Å². The fourth-order valence-electron chi connectivity index (χ4n) is 2.83. The summed E-state index contributed by atoms with van der Waals surface area (Å²) in [6, 6.07) is 9.05. The number of rotatable bonds is 7. The molecule has 118 valence electrons. The Hall–Kier alpha value is -0.420. The zero-order valence-corrected chi connectivity index (χ0v) is 14.9. The molecule has 1 fully saturated rings. The van der Waals surface area contributed by atoms with Crippen LogP contribution in [0.15, 0.2) is 28.7 Å². The summed E-state index contributed by atoms with van der Waals surface area (Å²) in [6.07, 6.45) is 2.35. The molecule has 0 saturated carbocycles. The summed E-state index contributed by atoms with van der Waals surface area (Å²) in [7, 11) is 2.21. The number of benzene rings is 1. The Morgan fingerprint density at radius 3 is 2.57 bits per heavy atom. The molecule has 1 aromatic rings. The molecule has 1 heterocycles. The molecule has 0 bridgehead atoms. The number of nitrogens with one attached hydrogen (secondary N) is 1. The molecule has 1 atom stereocenters. The van der Waals surface area contributed by atoms with Gasteiger partial charge in [-0.2, -0.15) is 0 Å². The monoisotopic (exact) mass is 353 g/mol. The molecular weight excluding hydrogens is 326 g/mol. The minimum atomic E-state index is 0.445. The van der Waals surface area contributed by atoms with E-state index in [1.165, 1.54) is 55.6 Å². The van der Waals surface area contributed by atoms with Gasteiger partial charge in [-0.25, -0.2) is 0 Å². The zero-order valence-electron chi connectivity index (χ0n) is 13.3. The maximum absolute atomic E-state index is 3.71. The van der Waals surface area contributed by atoms with Crippen molar-refractivity contribution in [1.29, 1.82) is 0 Å². The van der Waals surface area contributed by atoms with Gasteiger partial charge < -0.3 is 15.1 Å². The second-order valence-electron chi connectivity index (χ2n) is 5.96. The van der Waals surface area contributed by atoms with E-state index in [1.54, 1.807) is 0 Å². The molecule has 0 aliphatic carbocycles. The molecule has 4 heteroatoms. The lowest BCUT2D eigenvalue weighted by atomic mass is 10.0. The Morgan fingerprint density at radius 1 is 1.19 bits per heavy atom. The van der Waals surface area contributed by atoms with Crippen LogP contribution in [0.2, 0.25) is 0 Å². The van der Waals surface area contributed by atoms with Gasteiger partial charge in [0.1, 0.15) is 0 Å². The van der Waals surface area contributed by atoms with Crippen LogP contribution in [0.25, 0.3) is 0 Å². The Labute approximate surface area is 137 Å². The van der Waals surface area contributed by atoms with E-state index in [9.17, 15) is 0 Å². The average Bonchev–Trinajstić information content (AvgIpc) is 2.50. The molecule has 0 spiro atoms. The molecule has 21 heavy (non-hydrogen) atoms. The average molecular weight is 354 g/mol. The van der Waals surface area contributed by atoms with Crippen molar-refractivity contribution < 1.29 is 0 Å². The molecule has 1 aromatic carbocycles. The molecule has 1 N–H and O–H groups in total. The normalized spacial score (nSPS) is 18.8. The van der Waals surface area contributed by atoms with Gasteiger partial charge in [0.25, 0.3) is 0 Å². The van der Waals surface area contributed by atoms with Crippen LogP contribution in [0, 0.1) is 0 Å². The lowest BCUT2D eigenvalue weighted by molar-refractivity contribution is 0.148. The Kier molecular flexibility index (Phi) is 7.17. The van der Waals surface area contributed by atoms with Gasteiger partial charge in [0.15, 0.2) is 0 Å². The SMILES string of the molecule is CCCNC(CCN1CCN(C)CC1)c1ccccc1Br. The van der Waals surface area contributed by atoms with Crippen LogP contribution in [-0.4, -0.2) is 56.1 Å². The first kappa shape index (κ1) is 16.9. The third-order valence-electron chi connectivity index (χ3n) is 4.25. The number of likely N-dealkylation sites (N-methyl/N-ethyl adjacent to an activating group) is 1. The van der Waals surface area contributed by atoms with E-state index < -0.39 is 0 Å². The van der Waals surface area contributed by atoms with Gasteiger partial charge in [0.2, 0.25) is 0 Å². The van der Waals surface area contributed by atoms with Crippen LogP contribution < -0.4 is 5.32 Å². The maximum atomic E-state index is 3.71. The van der Waals surface area contributed by atoms with E-state index in [4.69, 9.17) is 0 Å². The van der Waals surface area contributed by atoms with Crippen LogP contribution in [0.4, 0.5) is 0 Å². The molecule has 2 rings (SSSR count). The summed E-state index contributed by atoms with van der Waals surface area (Å²) in [6.45, 7) is 9.28. The first-order valence-corrected chi connectivity index (χ1v) is 8.88. The molecule has 1 aliphatic heterocycles. The van der Waals surface area contributed by atoms with Gasteiger partial charge in [-0.15, -0.1) is 0 Å².